The van der Waals surface area contributed by atoms with Gasteiger partial charge in [0.25, 0.3) is 0 Å². The lowest BCUT2D eigenvalue weighted by Crippen LogP contribution is -2.27. The lowest BCUT2D eigenvalue weighted by atomic mass is 10.1. The normalized spacial score (nSPS) is 15.2. The van der Waals surface area contributed by atoms with Crippen LogP contribution in [0.15, 0.2) is 34.8 Å². The third-order valence-electron chi connectivity index (χ3n) is 4.48. The topological polar surface area (TPSA) is 32.3 Å². The van der Waals surface area contributed by atoms with Crippen molar-refractivity contribution in [1.29, 1.82) is 0 Å². The Morgan fingerprint density at radius 3 is 2.73 bits per heavy atom. The molecule has 1 aliphatic rings. The van der Waals surface area contributed by atoms with Gasteiger partial charge in [-0.15, -0.1) is 0 Å². The number of nitrogens with zero attached hydrogens (tertiary/aromatic N) is 4. The predicted octanol–water partition coefficient (Wildman–Crippen LogP) is 4.91. The van der Waals surface area contributed by atoms with Gasteiger partial charge in [-0.05, 0) is 42.9 Å². The summed E-state index contributed by atoms with van der Waals surface area (Å²) in [6.45, 7) is 2.00. The minimum atomic E-state index is -0.969. The molecule has 0 saturated carbocycles. The van der Waals surface area contributed by atoms with Crippen LogP contribution in [0.5, 0.6) is 0 Å². The maximum Gasteiger partial charge on any atom is 0.224 e. The molecule has 8 heteroatoms. The summed E-state index contributed by atoms with van der Waals surface area (Å²) in [5.41, 5.74) is 2.20. The Morgan fingerprint density at radius 1 is 1.12 bits per heavy atom. The summed E-state index contributed by atoms with van der Waals surface area (Å²) in [5, 5.41) is 0.0255. The molecule has 26 heavy (non-hydrogen) atoms. The Hall–Kier alpha value is -1.83. The summed E-state index contributed by atoms with van der Waals surface area (Å²) in [5.74, 6) is -1.64. The van der Waals surface area contributed by atoms with Crippen molar-refractivity contribution in [2.24, 2.45) is 0 Å². The van der Waals surface area contributed by atoms with E-state index in [1.807, 2.05) is 30.1 Å². The maximum atomic E-state index is 14.6. The molecule has 0 fully saturated rings. The molecule has 0 unspecified atom stereocenters. The summed E-state index contributed by atoms with van der Waals surface area (Å²) in [6.07, 6.45) is 0. The Kier molecular flexibility index (Phi) is 4.54. The number of aromatic nitrogens is 2. The Labute approximate surface area is 162 Å². The van der Waals surface area contributed by atoms with E-state index in [0.717, 1.165) is 34.9 Å². The quantitative estimate of drug-likeness (QED) is 0.505. The summed E-state index contributed by atoms with van der Waals surface area (Å²) in [6, 6.07) is 8.27. The number of benzene rings is 2. The van der Waals surface area contributed by atoms with Gasteiger partial charge in [0.15, 0.2) is 11.6 Å². The van der Waals surface area contributed by atoms with Crippen molar-refractivity contribution in [1.82, 2.24) is 14.9 Å². The van der Waals surface area contributed by atoms with Crippen LogP contribution >= 0.6 is 27.5 Å². The zero-order valence-corrected chi connectivity index (χ0v) is 16.2. The van der Waals surface area contributed by atoms with Crippen molar-refractivity contribution >= 4 is 49.9 Å². The highest BCUT2D eigenvalue weighted by molar-refractivity contribution is 9.10. The average molecular weight is 440 g/mol. The van der Waals surface area contributed by atoms with Crippen molar-refractivity contribution in [2.45, 2.75) is 6.54 Å². The number of likely N-dealkylation sites (N-methyl/N-ethyl adjacent to an activating group) is 1. The van der Waals surface area contributed by atoms with Gasteiger partial charge in [-0.1, -0.05) is 22.0 Å². The van der Waals surface area contributed by atoms with Crippen molar-refractivity contribution in [3.8, 4) is 0 Å². The molecule has 134 valence electrons. The van der Waals surface area contributed by atoms with Gasteiger partial charge in [0.2, 0.25) is 5.28 Å². The van der Waals surface area contributed by atoms with Gasteiger partial charge < -0.3 is 9.80 Å². The third-order valence-corrected chi connectivity index (χ3v) is 5.39. The SMILES string of the molecule is CN1CCN(c2nc(Cl)nc3ccc(F)c(F)c23)c2cccc(Br)c2C1. The van der Waals surface area contributed by atoms with Crippen molar-refractivity contribution in [3.63, 3.8) is 0 Å². The first-order chi connectivity index (χ1) is 12.5. The third kappa shape index (κ3) is 2.94. The molecule has 4 nitrogen and oxygen atoms in total. The smallest absolute Gasteiger partial charge is 0.224 e. The first kappa shape index (κ1) is 17.6. The van der Waals surface area contributed by atoms with E-state index in [2.05, 4.69) is 30.8 Å². The van der Waals surface area contributed by atoms with E-state index in [1.165, 1.54) is 6.07 Å². The van der Waals surface area contributed by atoms with Crippen molar-refractivity contribution in [2.75, 3.05) is 25.0 Å². The fourth-order valence-corrected chi connectivity index (χ4v) is 3.88. The van der Waals surface area contributed by atoms with E-state index in [9.17, 15) is 8.78 Å². The molecule has 2 aromatic carbocycles. The number of hydrogen-bond donors (Lipinski definition) is 0. The van der Waals surface area contributed by atoms with Gasteiger partial charge in [-0.2, -0.15) is 4.98 Å². The molecule has 0 aliphatic carbocycles. The first-order valence-corrected chi connectivity index (χ1v) is 9.17. The molecule has 3 aromatic rings. The Balaban J connectivity index is 2.02. The number of halogens is 4. The van der Waals surface area contributed by atoms with Crippen LogP contribution in [-0.4, -0.2) is 35.0 Å². The Morgan fingerprint density at radius 2 is 1.92 bits per heavy atom. The molecule has 0 radical (unpaired) electrons. The molecule has 1 aromatic heterocycles. The van der Waals surface area contributed by atoms with E-state index >= 15 is 0 Å². The lowest BCUT2D eigenvalue weighted by Gasteiger charge is -2.25. The van der Waals surface area contributed by atoms with E-state index in [1.54, 1.807) is 0 Å². The van der Waals surface area contributed by atoms with E-state index < -0.39 is 11.6 Å². The molecule has 0 bridgehead atoms. The molecule has 0 spiro atoms. The largest absolute Gasteiger partial charge is 0.324 e. The molecule has 0 amide bonds. The van der Waals surface area contributed by atoms with Crippen LogP contribution in [0.3, 0.4) is 0 Å². The minimum absolute atomic E-state index is 0.00680. The average Bonchev–Trinajstić information content (AvgIpc) is 2.77. The van der Waals surface area contributed by atoms with Crippen LogP contribution < -0.4 is 4.90 Å². The van der Waals surface area contributed by atoms with E-state index in [0.29, 0.717) is 6.54 Å². The van der Waals surface area contributed by atoms with Gasteiger partial charge in [0.1, 0.15) is 5.82 Å². The number of rotatable bonds is 1. The van der Waals surface area contributed by atoms with Crippen LogP contribution in [0.4, 0.5) is 20.3 Å². The first-order valence-electron chi connectivity index (χ1n) is 8.00. The van der Waals surface area contributed by atoms with Gasteiger partial charge in [0, 0.05) is 35.4 Å². The van der Waals surface area contributed by atoms with Crippen LogP contribution in [-0.2, 0) is 6.54 Å². The minimum Gasteiger partial charge on any atom is -0.324 e. The van der Waals surface area contributed by atoms with Crippen molar-refractivity contribution < 1.29 is 8.78 Å². The van der Waals surface area contributed by atoms with Gasteiger partial charge in [-0.3, -0.25) is 0 Å². The lowest BCUT2D eigenvalue weighted by molar-refractivity contribution is 0.343. The summed E-state index contributed by atoms with van der Waals surface area (Å²) in [7, 11) is 2.01. The molecule has 0 atom stereocenters. The molecular formula is C18H14BrClF2N4. The second kappa shape index (κ2) is 6.72. The molecule has 1 aliphatic heterocycles. The molecule has 2 heterocycles. The summed E-state index contributed by atoms with van der Waals surface area (Å²) < 4.78 is 29.5. The van der Waals surface area contributed by atoms with Gasteiger partial charge in [-0.25, -0.2) is 13.8 Å². The highest BCUT2D eigenvalue weighted by atomic mass is 79.9. The summed E-state index contributed by atoms with van der Waals surface area (Å²) in [4.78, 5) is 12.3. The van der Waals surface area contributed by atoms with Crippen LogP contribution in [0.2, 0.25) is 5.28 Å². The maximum absolute atomic E-state index is 14.6. The van der Waals surface area contributed by atoms with Gasteiger partial charge >= 0.3 is 0 Å². The molecule has 4 rings (SSSR count). The number of hydrogen-bond acceptors (Lipinski definition) is 4. The zero-order chi connectivity index (χ0) is 18.4. The fourth-order valence-electron chi connectivity index (χ4n) is 3.23. The van der Waals surface area contributed by atoms with E-state index in [4.69, 9.17) is 11.6 Å². The van der Waals surface area contributed by atoms with Crippen LogP contribution in [0.1, 0.15) is 5.56 Å². The highest BCUT2D eigenvalue weighted by Gasteiger charge is 2.26. The standard InChI is InChI=1S/C18H14BrClF2N4/c1-25-7-8-26(14-4-2-3-11(19)10(14)9-25)17-15-13(23-18(20)24-17)6-5-12(21)16(15)22/h2-6H,7-9H2,1H3. The highest BCUT2D eigenvalue weighted by Crippen LogP contribution is 2.38. The van der Waals surface area contributed by atoms with Crippen LogP contribution in [0, 0.1) is 11.6 Å². The molecule has 0 saturated heterocycles. The predicted molar refractivity (Wildman–Crippen MR) is 102 cm³/mol. The summed E-state index contributed by atoms with van der Waals surface area (Å²) >= 11 is 9.67. The number of anilines is 2. The molecular weight excluding hydrogens is 426 g/mol. The van der Waals surface area contributed by atoms with Crippen LogP contribution in [0.25, 0.3) is 10.9 Å². The molecule has 0 N–H and O–H groups in total. The van der Waals surface area contributed by atoms with Crippen molar-refractivity contribution in [3.05, 3.63) is 57.3 Å². The second-order valence-electron chi connectivity index (χ2n) is 6.20. The van der Waals surface area contributed by atoms with Gasteiger partial charge in [0.05, 0.1) is 10.9 Å². The Bertz CT molecular complexity index is 1010. The zero-order valence-electron chi connectivity index (χ0n) is 13.8. The monoisotopic (exact) mass is 438 g/mol. The number of fused-ring (bicyclic) bond motifs is 2. The second-order valence-corrected chi connectivity index (χ2v) is 7.39. The fraction of sp³-hybridized carbons (Fsp3) is 0.222. The van der Waals surface area contributed by atoms with E-state index in [-0.39, 0.29) is 22.0 Å².